The van der Waals surface area contributed by atoms with Gasteiger partial charge in [0.25, 0.3) is 5.91 Å². The first-order chi connectivity index (χ1) is 8.95. The molecule has 5 heteroatoms. The van der Waals surface area contributed by atoms with Gasteiger partial charge < -0.3 is 11.1 Å². The summed E-state index contributed by atoms with van der Waals surface area (Å²) in [4.78, 5) is 12.0. The van der Waals surface area contributed by atoms with Gasteiger partial charge in [-0.05, 0) is 42.8 Å². The van der Waals surface area contributed by atoms with E-state index >= 15 is 0 Å². The first-order valence-electron chi connectivity index (χ1n) is 5.59. The number of aryl methyl sites for hydroxylation is 1. The lowest BCUT2D eigenvalue weighted by Crippen LogP contribution is -2.13. The van der Waals surface area contributed by atoms with E-state index in [2.05, 4.69) is 5.32 Å². The minimum Gasteiger partial charge on any atom is -0.399 e. The zero-order chi connectivity index (χ0) is 14.0. The molecule has 0 radical (unpaired) electrons. The number of anilines is 2. The molecule has 0 aromatic heterocycles. The summed E-state index contributed by atoms with van der Waals surface area (Å²) in [5.74, 6) is -0.797. The number of nitrogens with two attached hydrogens (primary N) is 1. The van der Waals surface area contributed by atoms with Gasteiger partial charge in [-0.3, -0.25) is 4.79 Å². The predicted molar refractivity (Wildman–Crippen MR) is 75.0 cm³/mol. The Labute approximate surface area is 115 Å². The van der Waals surface area contributed by atoms with E-state index in [0.29, 0.717) is 22.0 Å². The maximum Gasteiger partial charge on any atom is 0.255 e. The van der Waals surface area contributed by atoms with Crippen LogP contribution in [0.4, 0.5) is 15.8 Å². The Balaban J connectivity index is 2.28. The van der Waals surface area contributed by atoms with E-state index in [1.54, 1.807) is 19.1 Å². The standard InChI is InChI=1S/C14H12ClFN2O/c1-8-2-3-11(16)7-13(8)18-14(19)9-4-10(15)6-12(17)5-9/h2-7H,17H2,1H3,(H,18,19). The first kappa shape index (κ1) is 13.4. The molecular weight excluding hydrogens is 267 g/mol. The summed E-state index contributed by atoms with van der Waals surface area (Å²) >= 11 is 5.83. The van der Waals surface area contributed by atoms with Crippen molar-refractivity contribution in [3.8, 4) is 0 Å². The second kappa shape index (κ2) is 5.28. The lowest BCUT2D eigenvalue weighted by molar-refractivity contribution is 0.102. The van der Waals surface area contributed by atoms with E-state index in [0.717, 1.165) is 5.56 Å². The summed E-state index contributed by atoms with van der Waals surface area (Å²) in [6.45, 7) is 1.78. The van der Waals surface area contributed by atoms with Crippen LogP contribution in [0.15, 0.2) is 36.4 Å². The van der Waals surface area contributed by atoms with Gasteiger partial charge in [-0.15, -0.1) is 0 Å². The lowest BCUT2D eigenvalue weighted by Gasteiger charge is -2.09. The molecule has 0 aliphatic carbocycles. The molecule has 0 saturated carbocycles. The van der Waals surface area contributed by atoms with Gasteiger partial charge in [0.05, 0.1) is 0 Å². The average Bonchev–Trinajstić information content (AvgIpc) is 2.32. The van der Waals surface area contributed by atoms with Crippen LogP contribution >= 0.6 is 11.6 Å². The summed E-state index contributed by atoms with van der Waals surface area (Å²) in [6.07, 6.45) is 0. The third-order valence-corrected chi connectivity index (χ3v) is 2.85. The van der Waals surface area contributed by atoms with Crippen LogP contribution < -0.4 is 11.1 Å². The minimum atomic E-state index is -0.411. The first-order valence-corrected chi connectivity index (χ1v) is 5.97. The Morgan fingerprint density at radius 1 is 1.26 bits per heavy atom. The summed E-state index contributed by atoms with van der Waals surface area (Å²) in [6, 6.07) is 8.75. The highest BCUT2D eigenvalue weighted by Crippen LogP contribution is 2.20. The fourth-order valence-corrected chi connectivity index (χ4v) is 1.91. The second-order valence-corrected chi connectivity index (χ2v) is 4.62. The molecule has 98 valence electrons. The van der Waals surface area contributed by atoms with Gasteiger partial charge >= 0.3 is 0 Å². The summed E-state index contributed by atoms with van der Waals surface area (Å²) < 4.78 is 13.1. The molecule has 0 fully saturated rings. The molecule has 1 amide bonds. The van der Waals surface area contributed by atoms with Crippen molar-refractivity contribution < 1.29 is 9.18 Å². The zero-order valence-electron chi connectivity index (χ0n) is 10.2. The zero-order valence-corrected chi connectivity index (χ0v) is 11.0. The minimum absolute atomic E-state index is 0.327. The molecule has 0 bridgehead atoms. The van der Waals surface area contributed by atoms with Gasteiger partial charge in [-0.2, -0.15) is 0 Å². The van der Waals surface area contributed by atoms with Gasteiger partial charge in [0.2, 0.25) is 0 Å². The molecule has 0 heterocycles. The van der Waals surface area contributed by atoms with Crippen molar-refractivity contribution in [2.75, 3.05) is 11.1 Å². The van der Waals surface area contributed by atoms with Crippen LogP contribution in [-0.4, -0.2) is 5.91 Å². The molecule has 2 aromatic carbocycles. The maximum atomic E-state index is 13.1. The van der Waals surface area contributed by atoms with Crippen molar-refractivity contribution >= 4 is 28.9 Å². The van der Waals surface area contributed by atoms with E-state index < -0.39 is 5.82 Å². The van der Waals surface area contributed by atoms with Crippen molar-refractivity contribution in [3.63, 3.8) is 0 Å². The Kier molecular flexibility index (Phi) is 3.71. The molecule has 2 aromatic rings. The molecule has 0 atom stereocenters. The van der Waals surface area contributed by atoms with E-state index in [1.807, 2.05) is 0 Å². The normalized spacial score (nSPS) is 10.3. The highest BCUT2D eigenvalue weighted by atomic mass is 35.5. The number of benzene rings is 2. The summed E-state index contributed by atoms with van der Waals surface area (Å²) in [7, 11) is 0. The molecule has 0 spiro atoms. The highest BCUT2D eigenvalue weighted by molar-refractivity contribution is 6.31. The van der Waals surface area contributed by atoms with Gasteiger partial charge in [0, 0.05) is 22.0 Å². The van der Waals surface area contributed by atoms with Crippen molar-refractivity contribution in [2.45, 2.75) is 6.92 Å². The molecule has 3 nitrogen and oxygen atoms in total. The van der Waals surface area contributed by atoms with Gasteiger partial charge in [0.1, 0.15) is 5.82 Å². The number of hydrogen-bond donors (Lipinski definition) is 2. The van der Waals surface area contributed by atoms with Crippen LogP contribution in [0, 0.1) is 12.7 Å². The maximum absolute atomic E-state index is 13.1. The van der Waals surface area contributed by atoms with Crippen LogP contribution in [0.5, 0.6) is 0 Å². The van der Waals surface area contributed by atoms with Crippen LogP contribution in [0.2, 0.25) is 5.02 Å². The number of amides is 1. The Morgan fingerprint density at radius 2 is 2.00 bits per heavy atom. The number of carbonyl (C=O) groups is 1. The van der Waals surface area contributed by atoms with Crippen LogP contribution in [-0.2, 0) is 0 Å². The van der Waals surface area contributed by atoms with E-state index in [9.17, 15) is 9.18 Å². The number of hydrogen-bond acceptors (Lipinski definition) is 2. The largest absolute Gasteiger partial charge is 0.399 e. The fraction of sp³-hybridized carbons (Fsp3) is 0.0714. The summed E-state index contributed by atoms with van der Waals surface area (Å²) in [5.41, 5.74) is 7.53. The van der Waals surface area contributed by atoms with Gasteiger partial charge in [0.15, 0.2) is 0 Å². The lowest BCUT2D eigenvalue weighted by atomic mass is 10.1. The molecule has 0 aliphatic heterocycles. The molecule has 19 heavy (non-hydrogen) atoms. The molecule has 2 rings (SSSR count). The van der Waals surface area contributed by atoms with Gasteiger partial charge in [-0.1, -0.05) is 17.7 Å². The number of halogens is 2. The second-order valence-electron chi connectivity index (χ2n) is 4.19. The van der Waals surface area contributed by atoms with Crippen LogP contribution in [0.1, 0.15) is 15.9 Å². The third-order valence-electron chi connectivity index (χ3n) is 2.63. The number of carbonyl (C=O) groups excluding carboxylic acids is 1. The number of nitrogen functional groups attached to an aromatic ring is 1. The molecule has 3 N–H and O–H groups in total. The van der Waals surface area contributed by atoms with Crippen molar-refractivity contribution in [1.29, 1.82) is 0 Å². The molecule has 0 unspecified atom stereocenters. The molecule has 0 aliphatic rings. The smallest absolute Gasteiger partial charge is 0.255 e. The SMILES string of the molecule is Cc1ccc(F)cc1NC(=O)c1cc(N)cc(Cl)c1. The highest BCUT2D eigenvalue weighted by Gasteiger charge is 2.10. The molecule has 0 saturated heterocycles. The fourth-order valence-electron chi connectivity index (χ4n) is 1.67. The quantitative estimate of drug-likeness (QED) is 0.824. The predicted octanol–water partition coefficient (Wildman–Crippen LogP) is 3.62. The van der Waals surface area contributed by atoms with Crippen molar-refractivity contribution in [1.82, 2.24) is 0 Å². The number of rotatable bonds is 2. The van der Waals surface area contributed by atoms with E-state index in [4.69, 9.17) is 17.3 Å². The summed E-state index contributed by atoms with van der Waals surface area (Å²) in [5, 5.41) is 3.00. The van der Waals surface area contributed by atoms with Crippen molar-refractivity contribution in [3.05, 3.63) is 58.4 Å². The Hall–Kier alpha value is -2.07. The van der Waals surface area contributed by atoms with Crippen LogP contribution in [0.25, 0.3) is 0 Å². The Bertz CT molecular complexity index is 623. The van der Waals surface area contributed by atoms with E-state index in [1.165, 1.54) is 24.3 Å². The monoisotopic (exact) mass is 278 g/mol. The van der Waals surface area contributed by atoms with Crippen molar-refractivity contribution in [2.24, 2.45) is 0 Å². The third kappa shape index (κ3) is 3.23. The topological polar surface area (TPSA) is 55.1 Å². The van der Waals surface area contributed by atoms with E-state index in [-0.39, 0.29) is 5.91 Å². The average molecular weight is 279 g/mol. The Morgan fingerprint density at radius 3 is 2.68 bits per heavy atom. The molecular formula is C14H12ClFN2O. The van der Waals surface area contributed by atoms with Crippen LogP contribution in [0.3, 0.4) is 0 Å². The van der Waals surface area contributed by atoms with Gasteiger partial charge in [-0.25, -0.2) is 4.39 Å². The number of nitrogens with one attached hydrogen (secondary N) is 1.